The van der Waals surface area contributed by atoms with Gasteiger partial charge in [0.15, 0.2) is 10.4 Å². The molecule has 4 rings (SSSR count). The largest absolute Gasteiger partial charge is 0.444 e. The van der Waals surface area contributed by atoms with Gasteiger partial charge in [-0.3, -0.25) is 9.59 Å². The Morgan fingerprint density at radius 1 is 1.06 bits per heavy atom. The second-order valence-electron chi connectivity index (χ2n) is 6.63. The Labute approximate surface area is 205 Å². The number of hydrogen-bond donors (Lipinski definition) is 2. The zero-order chi connectivity index (χ0) is 22.8. The van der Waals surface area contributed by atoms with E-state index in [0.29, 0.717) is 41.9 Å². The van der Waals surface area contributed by atoms with E-state index in [4.69, 9.17) is 27.6 Å². The summed E-state index contributed by atoms with van der Waals surface area (Å²) < 4.78 is 6.54. The number of fused-ring (bicyclic) bond motifs is 1. The van der Waals surface area contributed by atoms with Crippen LogP contribution in [-0.4, -0.2) is 17.5 Å². The average molecular weight is 551 g/mol. The van der Waals surface area contributed by atoms with E-state index in [1.807, 2.05) is 12.1 Å². The van der Waals surface area contributed by atoms with E-state index in [9.17, 15) is 9.59 Å². The lowest BCUT2D eigenvalue weighted by atomic mass is 10.1. The molecule has 32 heavy (non-hydrogen) atoms. The summed E-state index contributed by atoms with van der Waals surface area (Å²) in [5, 5.41) is 8.38. The van der Waals surface area contributed by atoms with E-state index < -0.39 is 5.91 Å². The number of anilines is 1. The van der Waals surface area contributed by atoms with Crippen molar-refractivity contribution >= 4 is 83.8 Å². The highest BCUT2D eigenvalue weighted by molar-refractivity contribution is 9.10. The first-order valence-electron chi connectivity index (χ1n) is 9.21. The van der Waals surface area contributed by atoms with Crippen LogP contribution in [0.5, 0.6) is 0 Å². The summed E-state index contributed by atoms with van der Waals surface area (Å²) in [6.45, 7) is 1.74. The third-order valence-corrected chi connectivity index (χ3v) is 6.86. The molecule has 2 aromatic carbocycles. The lowest BCUT2D eigenvalue weighted by Crippen LogP contribution is -2.18. The first kappa shape index (κ1) is 22.5. The molecule has 162 valence electrons. The number of nitrogens with one attached hydrogen (secondary N) is 2. The molecule has 6 nitrogen and oxygen atoms in total. The van der Waals surface area contributed by atoms with E-state index in [0.717, 1.165) is 4.70 Å². The topological polar surface area (TPSA) is 83.7 Å². The quantitative estimate of drug-likeness (QED) is 0.208. The zero-order valence-electron chi connectivity index (χ0n) is 16.4. The number of amides is 2. The van der Waals surface area contributed by atoms with Gasteiger partial charge in [0.25, 0.3) is 11.8 Å². The van der Waals surface area contributed by atoms with Gasteiger partial charge in [-0.25, -0.2) is 5.43 Å². The molecule has 2 amide bonds. The molecule has 0 radical (unpaired) electrons. The average Bonchev–Trinajstić information content (AvgIpc) is 3.36. The molecule has 0 fully saturated rings. The van der Waals surface area contributed by atoms with Crippen LogP contribution in [0.2, 0.25) is 10.0 Å². The second kappa shape index (κ2) is 9.46. The van der Waals surface area contributed by atoms with Crippen LogP contribution in [0, 0.1) is 0 Å². The van der Waals surface area contributed by atoms with Gasteiger partial charge in [-0.15, -0.1) is 11.3 Å². The molecular formula is C22H14BrCl2N3O3S. The van der Waals surface area contributed by atoms with Crippen molar-refractivity contribution in [1.29, 1.82) is 0 Å². The Kier molecular flexibility index (Phi) is 6.66. The van der Waals surface area contributed by atoms with Crippen LogP contribution in [-0.2, 0) is 0 Å². The normalized spacial score (nSPS) is 11.6. The molecule has 10 heteroatoms. The molecule has 0 saturated carbocycles. The number of nitrogens with zero attached hydrogens (tertiary/aromatic N) is 1. The first-order chi connectivity index (χ1) is 15.3. The zero-order valence-corrected chi connectivity index (χ0v) is 20.3. The molecule has 0 aliphatic rings. The van der Waals surface area contributed by atoms with Crippen LogP contribution in [0.15, 0.2) is 68.8 Å². The Hall–Kier alpha value is -2.65. The molecule has 0 unspecified atom stereocenters. The number of hydrogen-bond acceptors (Lipinski definition) is 5. The van der Waals surface area contributed by atoms with Gasteiger partial charge in [-0.1, -0.05) is 41.4 Å². The molecule has 2 aromatic heterocycles. The molecule has 0 bridgehead atoms. The number of carbonyl (C=O) groups excluding carboxylic acids is 2. The van der Waals surface area contributed by atoms with Crippen molar-refractivity contribution in [2.75, 3.05) is 5.32 Å². The van der Waals surface area contributed by atoms with Crippen molar-refractivity contribution in [3.05, 3.63) is 85.5 Å². The minimum absolute atomic E-state index is 0.181. The van der Waals surface area contributed by atoms with Gasteiger partial charge in [-0.2, -0.15) is 5.10 Å². The summed E-state index contributed by atoms with van der Waals surface area (Å²) in [5.41, 5.74) is 4.35. The second-order valence-corrected chi connectivity index (χ2v) is 9.25. The van der Waals surface area contributed by atoms with E-state index in [1.165, 1.54) is 11.3 Å². The smallest absolute Gasteiger partial charge is 0.291 e. The summed E-state index contributed by atoms with van der Waals surface area (Å²) in [6.07, 6.45) is 0. The monoisotopic (exact) mass is 549 g/mol. The Morgan fingerprint density at radius 2 is 1.84 bits per heavy atom. The Bertz CT molecular complexity index is 1380. The fraction of sp³-hybridized carbons (Fsp3) is 0.0455. The third-order valence-electron chi connectivity index (χ3n) is 4.47. The van der Waals surface area contributed by atoms with Crippen molar-refractivity contribution in [2.45, 2.75) is 6.92 Å². The van der Waals surface area contributed by atoms with E-state index in [-0.39, 0.29) is 11.7 Å². The molecule has 0 aliphatic heterocycles. The van der Waals surface area contributed by atoms with Crippen LogP contribution in [0.4, 0.5) is 5.69 Å². The molecule has 0 saturated heterocycles. The van der Waals surface area contributed by atoms with Gasteiger partial charge >= 0.3 is 0 Å². The Balaban J connectivity index is 1.49. The minimum Gasteiger partial charge on any atom is -0.444 e. The highest BCUT2D eigenvalue weighted by Gasteiger charge is 2.19. The molecular weight excluding hydrogens is 537 g/mol. The van der Waals surface area contributed by atoms with E-state index in [1.54, 1.807) is 49.4 Å². The minimum atomic E-state index is -0.431. The Morgan fingerprint density at radius 3 is 2.56 bits per heavy atom. The van der Waals surface area contributed by atoms with Crippen molar-refractivity contribution in [1.82, 2.24) is 5.43 Å². The van der Waals surface area contributed by atoms with Gasteiger partial charge in [-0.05, 0) is 64.8 Å². The number of benzene rings is 2. The fourth-order valence-electron chi connectivity index (χ4n) is 2.92. The molecule has 0 aliphatic carbocycles. The molecule has 0 atom stereocenters. The number of thiophene rings is 1. The van der Waals surface area contributed by atoms with E-state index in [2.05, 4.69) is 31.8 Å². The number of carbonyl (C=O) groups is 2. The molecule has 0 spiro atoms. The van der Waals surface area contributed by atoms with Crippen LogP contribution in [0.25, 0.3) is 10.1 Å². The highest BCUT2D eigenvalue weighted by Crippen LogP contribution is 2.39. The van der Waals surface area contributed by atoms with Gasteiger partial charge < -0.3 is 9.73 Å². The molecule has 4 aromatic rings. The number of hydrazone groups is 1. The third kappa shape index (κ3) is 4.73. The van der Waals surface area contributed by atoms with Gasteiger partial charge in [0.2, 0.25) is 0 Å². The van der Waals surface area contributed by atoms with Gasteiger partial charge in [0.05, 0.1) is 15.8 Å². The lowest BCUT2D eigenvalue weighted by Gasteiger charge is -2.07. The van der Waals surface area contributed by atoms with Crippen LogP contribution >= 0.6 is 50.5 Å². The maximum atomic E-state index is 12.6. The van der Waals surface area contributed by atoms with Crippen LogP contribution < -0.4 is 10.7 Å². The van der Waals surface area contributed by atoms with Crippen molar-refractivity contribution in [3.8, 4) is 0 Å². The van der Waals surface area contributed by atoms with Crippen molar-refractivity contribution in [3.63, 3.8) is 0 Å². The first-order valence-corrected chi connectivity index (χ1v) is 11.6. The predicted octanol–water partition coefficient (Wildman–Crippen LogP) is 6.97. The summed E-state index contributed by atoms with van der Waals surface area (Å²) in [5.74, 6) is -0.631. The number of furan rings is 1. The fourth-order valence-corrected chi connectivity index (χ4v) is 5.07. The molecule has 2 N–H and O–H groups in total. The number of halogens is 3. The summed E-state index contributed by atoms with van der Waals surface area (Å²) >= 11 is 17.0. The lowest BCUT2D eigenvalue weighted by molar-refractivity contribution is 0.0957. The molecule has 2 heterocycles. The highest BCUT2D eigenvalue weighted by atomic mass is 79.9. The van der Waals surface area contributed by atoms with E-state index >= 15 is 0 Å². The maximum absolute atomic E-state index is 12.6. The SMILES string of the molecule is CC(=NNC(=O)c1sc2cccc(Cl)c2c1Cl)c1cccc(NC(=O)c2ccc(Br)o2)c1. The van der Waals surface area contributed by atoms with Crippen LogP contribution in [0.1, 0.15) is 32.7 Å². The van der Waals surface area contributed by atoms with Gasteiger partial charge in [0.1, 0.15) is 4.88 Å². The summed E-state index contributed by atoms with van der Waals surface area (Å²) in [7, 11) is 0. The summed E-state index contributed by atoms with van der Waals surface area (Å²) in [6, 6.07) is 15.7. The van der Waals surface area contributed by atoms with Crippen molar-refractivity contribution < 1.29 is 14.0 Å². The predicted molar refractivity (Wildman–Crippen MR) is 132 cm³/mol. The number of rotatable bonds is 5. The van der Waals surface area contributed by atoms with Crippen LogP contribution in [0.3, 0.4) is 0 Å². The standard InChI is InChI=1S/C22H14BrCl2N3O3S/c1-11(12-4-2-5-13(10-12)26-21(29)15-8-9-17(23)31-15)27-28-22(30)20-19(25)18-14(24)6-3-7-16(18)32-20/h2-10H,1H3,(H,26,29)(H,28,30). The maximum Gasteiger partial charge on any atom is 0.291 e. The summed E-state index contributed by atoms with van der Waals surface area (Å²) in [4.78, 5) is 25.3. The van der Waals surface area contributed by atoms with Gasteiger partial charge in [0, 0.05) is 15.8 Å². The van der Waals surface area contributed by atoms with Crippen molar-refractivity contribution in [2.24, 2.45) is 5.10 Å².